The van der Waals surface area contributed by atoms with Crippen LogP contribution in [-0.4, -0.2) is 39.6 Å². The second kappa shape index (κ2) is 13.6. The summed E-state index contributed by atoms with van der Waals surface area (Å²) in [4.78, 5) is 27.6. The molecule has 3 aromatic rings. The molecule has 2 atom stereocenters. The minimum Gasteiger partial charge on any atom is -0.494 e. The van der Waals surface area contributed by atoms with Gasteiger partial charge in [-0.1, -0.05) is 91.5 Å². The minimum absolute atomic E-state index is 0.0234. The van der Waals surface area contributed by atoms with E-state index in [9.17, 15) is 9.59 Å². The number of hydrogen-bond donors (Lipinski definition) is 1. The summed E-state index contributed by atoms with van der Waals surface area (Å²) in [7, 11) is 0. The number of carbonyl (C=O) groups is 2. The number of nitrogens with one attached hydrogen (secondary N) is 1. The number of benzene rings is 3. The Morgan fingerprint density at radius 2 is 1.69 bits per heavy atom. The Morgan fingerprint density at radius 3 is 2.38 bits per heavy atom. The second-order valence-corrected chi connectivity index (χ2v) is 12.2. The Balaban J connectivity index is 1.28. The molecule has 0 spiro atoms. The number of anilines is 1. The van der Waals surface area contributed by atoms with Crippen molar-refractivity contribution >= 4 is 51.7 Å². The number of amides is 2. The number of unbranched alkanes of at least 4 members (excludes halogenated alkanes) is 3. The van der Waals surface area contributed by atoms with Gasteiger partial charge in [-0.2, -0.15) is 5.10 Å². The molecule has 0 unspecified atom stereocenters. The first-order chi connectivity index (χ1) is 20.3. The monoisotopic (exact) mass is 602 g/mol. The molecule has 7 nitrogen and oxygen atoms in total. The van der Waals surface area contributed by atoms with Crippen LogP contribution < -0.4 is 9.64 Å². The first kappa shape index (κ1) is 29.9. The predicted molar refractivity (Wildman–Crippen MR) is 171 cm³/mol. The summed E-state index contributed by atoms with van der Waals surface area (Å²) in [6, 6.07) is 22.5. The minimum atomic E-state index is -0.705. The topological polar surface area (TPSA) is 86.1 Å². The zero-order valence-corrected chi connectivity index (χ0v) is 25.5. The van der Waals surface area contributed by atoms with Crippen molar-refractivity contribution in [3.63, 3.8) is 0 Å². The molecule has 1 N–H and O–H groups in total. The zero-order valence-electron chi connectivity index (χ0n) is 23.9. The van der Waals surface area contributed by atoms with E-state index in [0.29, 0.717) is 29.5 Å². The van der Waals surface area contributed by atoms with E-state index in [-0.39, 0.29) is 29.4 Å². The van der Waals surface area contributed by atoms with E-state index in [0.717, 1.165) is 47.0 Å². The standard InChI is InChI=1S/C33H35ClN4O3S/c1-3-4-5-6-19-41-27-17-15-26(16-18-27)37-31(39)21-30(32(37)40)42-33(35)38-29(24-11-13-25(34)14-12-24)20-28(36-38)23-9-7-22(2)8-10-23/h7-18,29-30,35H,3-6,19-21H2,1-2H3/t29-,30-/m1/s1. The highest BCUT2D eigenvalue weighted by Crippen LogP contribution is 2.38. The molecule has 5 rings (SSSR count). The quantitative estimate of drug-likeness (QED) is 0.111. The molecule has 0 aromatic heterocycles. The maximum atomic E-state index is 13.4. The molecule has 2 aliphatic heterocycles. The van der Waals surface area contributed by atoms with Crippen LogP contribution in [0.2, 0.25) is 5.02 Å². The molecule has 42 heavy (non-hydrogen) atoms. The van der Waals surface area contributed by atoms with E-state index in [1.807, 2.05) is 55.5 Å². The lowest BCUT2D eigenvalue weighted by Crippen LogP contribution is -2.32. The third-order valence-corrected chi connectivity index (χ3v) is 8.79. The lowest BCUT2D eigenvalue weighted by Gasteiger charge is -2.24. The summed E-state index contributed by atoms with van der Waals surface area (Å²) < 4.78 is 5.81. The number of halogens is 1. The number of ether oxygens (including phenoxy) is 1. The molecule has 0 radical (unpaired) electrons. The molecule has 1 fully saturated rings. The van der Waals surface area contributed by atoms with Gasteiger partial charge in [0.25, 0.3) is 0 Å². The normalized spacial score (nSPS) is 18.5. The largest absolute Gasteiger partial charge is 0.494 e. The van der Waals surface area contributed by atoms with Crippen molar-refractivity contribution in [3.8, 4) is 5.75 Å². The summed E-state index contributed by atoms with van der Waals surface area (Å²) in [5, 5.41) is 15.5. The fourth-order valence-corrected chi connectivity index (χ4v) is 6.23. The number of nitrogens with zero attached hydrogens (tertiary/aromatic N) is 3. The highest BCUT2D eigenvalue weighted by molar-refractivity contribution is 8.14. The van der Waals surface area contributed by atoms with Gasteiger partial charge in [-0.25, -0.2) is 9.91 Å². The van der Waals surface area contributed by atoms with Crippen molar-refractivity contribution in [1.82, 2.24) is 5.01 Å². The van der Waals surface area contributed by atoms with Gasteiger partial charge in [-0.3, -0.25) is 15.0 Å². The number of rotatable bonds is 10. The lowest BCUT2D eigenvalue weighted by atomic mass is 9.98. The van der Waals surface area contributed by atoms with Crippen molar-refractivity contribution in [2.75, 3.05) is 11.5 Å². The first-order valence-electron chi connectivity index (χ1n) is 14.4. The Kier molecular flexibility index (Phi) is 9.65. The Morgan fingerprint density at radius 1 is 0.976 bits per heavy atom. The van der Waals surface area contributed by atoms with Crippen molar-refractivity contribution in [1.29, 1.82) is 5.41 Å². The van der Waals surface area contributed by atoms with Crippen LogP contribution in [0.5, 0.6) is 5.75 Å². The van der Waals surface area contributed by atoms with Gasteiger partial charge in [0.05, 0.1) is 24.0 Å². The fourth-order valence-electron chi connectivity index (χ4n) is 5.13. The third-order valence-electron chi connectivity index (χ3n) is 7.48. The Labute approximate surface area is 256 Å². The van der Waals surface area contributed by atoms with Gasteiger partial charge in [0.1, 0.15) is 11.0 Å². The molecule has 2 heterocycles. The SMILES string of the molecule is CCCCCCOc1ccc(N2C(=O)C[C@@H](SC(=N)N3N=C(c4ccc(C)cc4)C[C@@H]3c3ccc(Cl)cc3)C2=O)cc1. The maximum Gasteiger partial charge on any atom is 0.247 e. The van der Waals surface area contributed by atoms with Crippen LogP contribution in [0, 0.1) is 12.3 Å². The van der Waals surface area contributed by atoms with Crippen LogP contribution in [0.3, 0.4) is 0 Å². The summed E-state index contributed by atoms with van der Waals surface area (Å²) in [5.41, 5.74) is 4.50. The highest BCUT2D eigenvalue weighted by atomic mass is 35.5. The average Bonchev–Trinajstić information content (AvgIpc) is 3.55. The van der Waals surface area contributed by atoms with Gasteiger partial charge >= 0.3 is 0 Å². The van der Waals surface area contributed by atoms with Crippen molar-refractivity contribution in [2.24, 2.45) is 5.10 Å². The third kappa shape index (κ3) is 6.88. The van der Waals surface area contributed by atoms with Crippen molar-refractivity contribution in [2.45, 2.75) is 63.7 Å². The van der Waals surface area contributed by atoms with Gasteiger partial charge < -0.3 is 4.74 Å². The van der Waals surface area contributed by atoms with E-state index in [1.165, 1.54) is 17.7 Å². The van der Waals surface area contributed by atoms with Crippen LogP contribution in [0.15, 0.2) is 77.9 Å². The zero-order chi connectivity index (χ0) is 29.6. The Hall–Kier alpha value is -3.62. The highest BCUT2D eigenvalue weighted by Gasteiger charge is 2.42. The predicted octanol–water partition coefficient (Wildman–Crippen LogP) is 7.76. The summed E-state index contributed by atoms with van der Waals surface area (Å²) >= 11 is 7.22. The van der Waals surface area contributed by atoms with Gasteiger partial charge in [0.2, 0.25) is 11.8 Å². The second-order valence-electron chi connectivity index (χ2n) is 10.6. The first-order valence-corrected chi connectivity index (χ1v) is 15.6. The smallest absolute Gasteiger partial charge is 0.247 e. The van der Waals surface area contributed by atoms with E-state index >= 15 is 0 Å². The number of carbonyl (C=O) groups excluding carboxylic acids is 2. The molecule has 218 valence electrons. The molecule has 0 bridgehead atoms. The summed E-state index contributed by atoms with van der Waals surface area (Å²) in [6.45, 7) is 4.85. The number of imide groups is 1. The van der Waals surface area contributed by atoms with E-state index in [2.05, 4.69) is 6.92 Å². The van der Waals surface area contributed by atoms with Crippen molar-refractivity contribution < 1.29 is 14.3 Å². The van der Waals surface area contributed by atoms with Crippen LogP contribution >= 0.6 is 23.4 Å². The fraction of sp³-hybridized carbons (Fsp3) is 0.333. The molecular weight excluding hydrogens is 568 g/mol. The number of amidine groups is 1. The van der Waals surface area contributed by atoms with Gasteiger partial charge in [0, 0.05) is 17.9 Å². The molecule has 2 aliphatic rings. The van der Waals surface area contributed by atoms with E-state index in [4.69, 9.17) is 26.8 Å². The molecule has 0 saturated carbocycles. The van der Waals surface area contributed by atoms with Crippen LogP contribution in [-0.2, 0) is 9.59 Å². The van der Waals surface area contributed by atoms with E-state index in [1.54, 1.807) is 29.3 Å². The number of hydrogen-bond acceptors (Lipinski definition) is 6. The molecule has 9 heteroatoms. The molecule has 0 aliphatic carbocycles. The van der Waals surface area contributed by atoms with Crippen LogP contribution in [0.1, 0.15) is 68.2 Å². The number of thioether (sulfide) groups is 1. The van der Waals surface area contributed by atoms with Gasteiger partial charge in [-0.15, -0.1) is 0 Å². The summed E-state index contributed by atoms with van der Waals surface area (Å²) in [5.74, 6) is 0.109. The molecule has 2 amide bonds. The average molecular weight is 603 g/mol. The Bertz CT molecular complexity index is 1460. The number of aryl methyl sites for hydroxylation is 1. The van der Waals surface area contributed by atoms with E-state index < -0.39 is 5.25 Å². The molecular formula is C33H35ClN4O3S. The lowest BCUT2D eigenvalue weighted by molar-refractivity contribution is -0.121. The molecule has 1 saturated heterocycles. The van der Waals surface area contributed by atoms with Gasteiger partial charge in [0.15, 0.2) is 5.17 Å². The summed E-state index contributed by atoms with van der Waals surface area (Å²) in [6.07, 6.45) is 5.12. The maximum absolute atomic E-state index is 13.4. The number of hydrazone groups is 1. The van der Waals surface area contributed by atoms with Crippen molar-refractivity contribution in [3.05, 3.63) is 94.5 Å². The van der Waals surface area contributed by atoms with Gasteiger partial charge in [-0.05, 0) is 60.9 Å². The van der Waals surface area contributed by atoms with Crippen LogP contribution in [0.4, 0.5) is 5.69 Å². The molecule has 3 aromatic carbocycles. The van der Waals surface area contributed by atoms with Crippen LogP contribution in [0.25, 0.3) is 0 Å².